The minimum Gasteiger partial charge on any atom is -0.329 e. The summed E-state index contributed by atoms with van der Waals surface area (Å²) >= 11 is 0. The number of halogens is 4. The SMILES string of the molecule is CC(N)C(C)C(=O)Nc1ccc(-c2noc(C(F)(F)F)n2)cc1.Cl. The zero-order valence-corrected chi connectivity index (χ0v) is 13.6. The molecular formula is C14H16ClF3N4O2. The summed E-state index contributed by atoms with van der Waals surface area (Å²) in [5.74, 6) is -2.21. The van der Waals surface area contributed by atoms with E-state index < -0.39 is 12.1 Å². The lowest BCUT2D eigenvalue weighted by Gasteiger charge is -2.15. The summed E-state index contributed by atoms with van der Waals surface area (Å²) in [6.07, 6.45) is -4.69. The molecule has 0 bridgehead atoms. The Bertz CT molecular complexity index is 686. The highest BCUT2D eigenvalue weighted by Gasteiger charge is 2.38. The van der Waals surface area contributed by atoms with Crippen LogP contribution < -0.4 is 11.1 Å². The molecule has 2 aromatic rings. The fraction of sp³-hybridized carbons (Fsp3) is 0.357. The summed E-state index contributed by atoms with van der Waals surface area (Å²) in [4.78, 5) is 15.2. The van der Waals surface area contributed by atoms with Gasteiger partial charge in [0.1, 0.15) is 0 Å². The van der Waals surface area contributed by atoms with Gasteiger partial charge in [0.25, 0.3) is 0 Å². The quantitative estimate of drug-likeness (QED) is 0.869. The zero-order chi connectivity index (χ0) is 17.2. The van der Waals surface area contributed by atoms with Gasteiger partial charge in [0.2, 0.25) is 11.7 Å². The Balaban J connectivity index is 0.00000288. The van der Waals surface area contributed by atoms with Crippen molar-refractivity contribution in [1.29, 1.82) is 0 Å². The maximum atomic E-state index is 12.4. The number of anilines is 1. The van der Waals surface area contributed by atoms with Crippen LogP contribution in [-0.2, 0) is 11.0 Å². The lowest BCUT2D eigenvalue weighted by atomic mass is 10.0. The number of nitrogens with one attached hydrogen (secondary N) is 1. The van der Waals surface area contributed by atoms with Gasteiger partial charge in [-0.05, 0) is 31.2 Å². The molecule has 0 aliphatic heterocycles. The minimum atomic E-state index is -4.69. The molecule has 0 aliphatic rings. The molecule has 2 atom stereocenters. The molecule has 24 heavy (non-hydrogen) atoms. The fourth-order valence-electron chi connectivity index (χ4n) is 1.65. The summed E-state index contributed by atoms with van der Waals surface area (Å²) in [6.45, 7) is 3.42. The number of alkyl halides is 3. The van der Waals surface area contributed by atoms with Crippen molar-refractivity contribution >= 4 is 24.0 Å². The number of nitrogens with two attached hydrogens (primary N) is 1. The highest BCUT2D eigenvalue weighted by Crippen LogP contribution is 2.29. The fourth-order valence-corrected chi connectivity index (χ4v) is 1.65. The van der Waals surface area contributed by atoms with Crippen LogP contribution in [0.3, 0.4) is 0 Å². The van der Waals surface area contributed by atoms with E-state index in [-0.39, 0.29) is 36.1 Å². The smallest absolute Gasteiger partial charge is 0.329 e. The standard InChI is InChI=1S/C14H15F3N4O2.ClH/c1-7(8(2)18)12(22)19-10-5-3-9(4-6-10)11-20-13(23-21-11)14(15,16)17;/h3-8H,18H2,1-2H3,(H,19,22);1H. The molecule has 1 heterocycles. The average Bonchev–Trinajstić information content (AvgIpc) is 2.97. The number of aromatic nitrogens is 2. The lowest BCUT2D eigenvalue weighted by Crippen LogP contribution is -2.34. The maximum Gasteiger partial charge on any atom is 0.471 e. The number of carbonyl (C=O) groups is 1. The molecule has 2 unspecified atom stereocenters. The van der Waals surface area contributed by atoms with E-state index in [1.807, 2.05) is 0 Å². The highest BCUT2D eigenvalue weighted by atomic mass is 35.5. The van der Waals surface area contributed by atoms with Gasteiger partial charge in [-0.25, -0.2) is 0 Å². The molecule has 10 heteroatoms. The second-order valence-electron chi connectivity index (χ2n) is 5.14. The van der Waals surface area contributed by atoms with Gasteiger partial charge in [0, 0.05) is 17.3 Å². The predicted molar refractivity (Wildman–Crippen MR) is 83.4 cm³/mol. The van der Waals surface area contributed by atoms with E-state index in [0.29, 0.717) is 11.3 Å². The van der Waals surface area contributed by atoms with E-state index >= 15 is 0 Å². The zero-order valence-electron chi connectivity index (χ0n) is 12.8. The second-order valence-corrected chi connectivity index (χ2v) is 5.14. The summed E-state index contributed by atoms with van der Waals surface area (Å²) in [5, 5.41) is 5.95. The Hall–Kier alpha value is -2.13. The van der Waals surface area contributed by atoms with Crippen molar-refractivity contribution < 1.29 is 22.5 Å². The normalized spacial score (nSPS) is 13.8. The van der Waals surface area contributed by atoms with Gasteiger partial charge in [-0.15, -0.1) is 12.4 Å². The Kier molecular flexibility index (Phi) is 6.33. The third-order valence-corrected chi connectivity index (χ3v) is 3.28. The van der Waals surface area contributed by atoms with E-state index in [1.54, 1.807) is 13.8 Å². The molecule has 1 amide bonds. The van der Waals surface area contributed by atoms with Crippen molar-refractivity contribution in [2.45, 2.75) is 26.1 Å². The molecule has 0 saturated carbocycles. The molecule has 1 aromatic heterocycles. The van der Waals surface area contributed by atoms with Gasteiger partial charge in [-0.1, -0.05) is 12.1 Å². The number of hydrogen-bond acceptors (Lipinski definition) is 5. The molecule has 0 saturated heterocycles. The molecule has 6 nitrogen and oxygen atoms in total. The van der Waals surface area contributed by atoms with Crippen molar-refractivity contribution in [1.82, 2.24) is 10.1 Å². The van der Waals surface area contributed by atoms with Crippen molar-refractivity contribution in [3.8, 4) is 11.4 Å². The summed E-state index contributed by atoms with van der Waals surface area (Å²) < 4.78 is 41.4. The van der Waals surface area contributed by atoms with Crippen molar-refractivity contribution in [3.63, 3.8) is 0 Å². The third kappa shape index (κ3) is 4.68. The minimum absolute atomic E-state index is 0. The van der Waals surface area contributed by atoms with E-state index in [0.717, 1.165) is 0 Å². The number of rotatable bonds is 4. The second kappa shape index (κ2) is 7.63. The Morgan fingerprint density at radius 2 is 1.83 bits per heavy atom. The Labute approximate surface area is 142 Å². The average molecular weight is 365 g/mol. The molecule has 3 N–H and O–H groups in total. The first-order valence-corrected chi connectivity index (χ1v) is 6.76. The maximum absolute atomic E-state index is 12.4. The number of amides is 1. The molecule has 0 fully saturated rings. The van der Waals surface area contributed by atoms with Crippen LogP contribution in [0.4, 0.5) is 18.9 Å². The topological polar surface area (TPSA) is 94.0 Å². The largest absolute Gasteiger partial charge is 0.471 e. The van der Waals surface area contributed by atoms with Crippen LogP contribution in [0, 0.1) is 5.92 Å². The molecule has 1 aromatic carbocycles. The van der Waals surface area contributed by atoms with Gasteiger partial charge >= 0.3 is 12.1 Å². The first kappa shape index (κ1) is 19.9. The van der Waals surface area contributed by atoms with Gasteiger partial charge in [0.15, 0.2) is 0 Å². The first-order valence-electron chi connectivity index (χ1n) is 6.76. The van der Waals surface area contributed by atoms with Crippen LogP contribution in [0.15, 0.2) is 28.8 Å². The number of nitrogens with zero attached hydrogens (tertiary/aromatic N) is 2. The van der Waals surface area contributed by atoms with Crippen molar-refractivity contribution in [2.75, 3.05) is 5.32 Å². The van der Waals surface area contributed by atoms with Gasteiger partial charge in [-0.3, -0.25) is 4.79 Å². The van der Waals surface area contributed by atoms with Gasteiger partial charge < -0.3 is 15.6 Å². The first-order chi connectivity index (χ1) is 10.7. The Morgan fingerprint density at radius 3 is 2.29 bits per heavy atom. The molecule has 132 valence electrons. The van der Waals surface area contributed by atoms with Crippen LogP contribution in [0.2, 0.25) is 0 Å². The van der Waals surface area contributed by atoms with Crippen LogP contribution in [0.5, 0.6) is 0 Å². The van der Waals surface area contributed by atoms with Crippen molar-refractivity contribution in [2.24, 2.45) is 11.7 Å². The monoisotopic (exact) mass is 364 g/mol. The van der Waals surface area contributed by atoms with Crippen molar-refractivity contribution in [3.05, 3.63) is 30.2 Å². The van der Waals surface area contributed by atoms with E-state index in [4.69, 9.17) is 5.73 Å². The lowest BCUT2D eigenvalue weighted by molar-refractivity contribution is -0.159. The van der Waals surface area contributed by atoms with Crippen LogP contribution >= 0.6 is 12.4 Å². The van der Waals surface area contributed by atoms with E-state index in [2.05, 4.69) is 20.0 Å². The summed E-state index contributed by atoms with van der Waals surface area (Å²) in [7, 11) is 0. The summed E-state index contributed by atoms with van der Waals surface area (Å²) in [6, 6.07) is 5.73. The Morgan fingerprint density at radius 1 is 1.25 bits per heavy atom. The van der Waals surface area contributed by atoms with Crippen LogP contribution in [0.25, 0.3) is 11.4 Å². The van der Waals surface area contributed by atoms with Gasteiger partial charge in [0.05, 0.1) is 5.92 Å². The van der Waals surface area contributed by atoms with Crippen LogP contribution in [0.1, 0.15) is 19.7 Å². The number of carbonyl (C=O) groups excluding carboxylic acids is 1. The summed E-state index contributed by atoms with van der Waals surface area (Å²) in [5.41, 5.74) is 6.48. The molecule has 2 rings (SSSR count). The third-order valence-electron chi connectivity index (χ3n) is 3.28. The van der Waals surface area contributed by atoms with E-state index in [9.17, 15) is 18.0 Å². The number of benzene rings is 1. The number of hydrogen-bond donors (Lipinski definition) is 2. The highest BCUT2D eigenvalue weighted by molar-refractivity contribution is 5.92. The van der Waals surface area contributed by atoms with Crippen LogP contribution in [-0.4, -0.2) is 22.1 Å². The molecular weight excluding hydrogens is 349 g/mol. The molecule has 0 spiro atoms. The molecule has 0 radical (unpaired) electrons. The van der Waals surface area contributed by atoms with Gasteiger partial charge in [-0.2, -0.15) is 18.2 Å². The predicted octanol–water partition coefficient (Wildman–Crippen LogP) is 3.10. The van der Waals surface area contributed by atoms with E-state index in [1.165, 1.54) is 24.3 Å². The molecule has 0 aliphatic carbocycles.